The Bertz CT molecular complexity index is 1330. The Morgan fingerprint density at radius 1 is 0.892 bits per heavy atom. The summed E-state index contributed by atoms with van der Waals surface area (Å²) in [6, 6.07) is 24.3. The summed E-state index contributed by atoms with van der Waals surface area (Å²) >= 11 is 0. The van der Waals surface area contributed by atoms with Crippen LogP contribution in [0, 0.1) is 12.8 Å². The number of benzene rings is 3. The van der Waals surface area contributed by atoms with Crippen molar-refractivity contribution in [2.45, 2.75) is 31.9 Å². The molecule has 8 heteroatoms. The first kappa shape index (κ1) is 26.6. The van der Waals surface area contributed by atoms with E-state index < -0.39 is 10.0 Å². The van der Waals surface area contributed by atoms with Gasteiger partial charge in [-0.1, -0.05) is 72.3 Å². The predicted molar refractivity (Wildman–Crippen MR) is 146 cm³/mol. The van der Waals surface area contributed by atoms with Gasteiger partial charge in [0.15, 0.2) is 0 Å². The third-order valence-corrected chi connectivity index (χ3v) is 8.47. The van der Waals surface area contributed by atoms with Gasteiger partial charge in [-0.3, -0.25) is 9.59 Å². The maximum Gasteiger partial charge on any atom is 0.253 e. The first-order chi connectivity index (χ1) is 17.8. The van der Waals surface area contributed by atoms with Crippen molar-refractivity contribution in [1.29, 1.82) is 0 Å². The molecule has 7 nitrogen and oxygen atoms in total. The normalized spacial score (nSPS) is 14.7. The molecule has 3 aromatic carbocycles. The molecule has 3 aromatic rings. The van der Waals surface area contributed by atoms with Gasteiger partial charge in [0.05, 0.1) is 17.0 Å². The van der Waals surface area contributed by atoms with Crippen LogP contribution in [0.2, 0.25) is 0 Å². The largest absolute Gasteiger partial charge is 0.352 e. The van der Waals surface area contributed by atoms with Crippen molar-refractivity contribution in [1.82, 2.24) is 9.62 Å². The van der Waals surface area contributed by atoms with E-state index in [-0.39, 0.29) is 23.5 Å². The van der Waals surface area contributed by atoms with Gasteiger partial charge in [-0.25, -0.2) is 12.7 Å². The van der Waals surface area contributed by atoms with Gasteiger partial charge in [-0.2, -0.15) is 0 Å². The quantitative estimate of drug-likeness (QED) is 0.444. The molecule has 0 unspecified atom stereocenters. The van der Waals surface area contributed by atoms with Crippen molar-refractivity contribution < 1.29 is 18.0 Å². The summed E-state index contributed by atoms with van der Waals surface area (Å²) < 4.78 is 27.3. The van der Waals surface area contributed by atoms with Crippen LogP contribution in [0.5, 0.6) is 0 Å². The lowest BCUT2D eigenvalue weighted by atomic mass is 9.97. The third kappa shape index (κ3) is 7.27. The van der Waals surface area contributed by atoms with Crippen LogP contribution in [0.25, 0.3) is 0 Å². The van der Waals surface area contributed by atoms with E-state index in [1.165, 1.54) is 4.31 Å². The van der Waals surface area contributed by atoms with Gasteiger partial charge in [0.1, 0.15) is 0 Å². The Kier molecular flexibility index (Phi) is 8.74. The molecule has 1 fully saturated rings. The summed E-state index contributed by atoms with van der Waals surface area (Å²) in [4.78, 5) is 25.8. The number of carbonyl (C=O) groups is 2. The Morgan fingerprint density at radius 3 is 2.30 bits per heavy atom. The van der Waals surface area contributed by atoms with E-state index in [4.69, 9.17) is 0 Å². The van der Waals surface area contributed by atoms with Crippen LogP contribution < -0.4 is 10.6 Å². The van der Waals surface area contributed by atoms with E-state index in [1.807, 2.05) is 61.5 Å². The molecule has 2 amide bonds. The van der Waals surface area contributed by atoms with Gasteiger partial charge in [0, 0.05) is 25.6 Å². The van der Waals surface area contributed by atoms with Gasteiger partial charge in [-0.15, -0.1) is 0 Å². The third-order valence-electron chi connectivity index (χ3n) is 6.62. The summed E-state index contributed by atoms with van der Waals surface area (Å²) in [5.74, 6) is -0.804. The van der Waals surface area contributed by atoms with Crippen molar-refractivity contribution in [2.75, 3.05) is 25.0 Å². The Labute approximate surface area is 218 Å². The molecule has 0 radical (unpaired) electrons. The fourth-order valence-corrected chi connectivity index (χ4v) is 6.14. The molecule has 1 aliphatic heterocycles. The highest BCUT2D eigenvalue weighted by atomic mass is 32.2. The molecule has 194 valence electrons. The number of hydrogen-bond acceptors (Lipinski definition) is 4. The van der Waals surface area contributed by atoms with E-state index in [0.29, 0.717) is 50.1 Å². The number of nitrogens with one attached hydrogen (secondary N) is 2. The maximum absolute atomic E-state index is 13.0. The number of aryl methyl sites for hydroxylation is 1. The van der Waals surface area contributed by atoms with E-state index in [1.54, 1.807) is 24.3 Å². The van der Waals surface area contributed by atoms with Gasteiger partial charge in [0.25, 0.3) is 5.91 Å². The Hall–Kier alpha value is -3.49. The molecule has 0 aromatic heterocycles. The lowest BCUT2D eigenvalue weighted by Crippen LogP contribution is -2.42. The molecule has 0 spiro atoms. The number of piperidine rings is 1. The fraction of sp³-hybridized carbons (Fsp3) is 0.310. The second-order valence-electron chi connectivity index (χ2n) is 9.44. The second kappa shape index (κ2) is 12.2. The number of rotatable bonds is 9. The molecule has 1 aliphatic rings. The van der Waals surface area contributed by atoms with Crippen LogP contribution in [-0.4, -0.2) is 44.2 Å². The molecule has 37 heavy (non-hydrogen) atoms. The van der Waals surface area contributed by atoms with Crippen LogP contribution in [-0.2, 0) is 27.0 Å². The minimum atomic E-state index is -3.46. The fourth-order valence-electron chi connectivity index (χ4n) is 4.59. The number of sulfonamides is 1. The first-order valence-electron chi connectivity index (χ1n) is 12.6. The van der Waals surface area contributed by atoms with Gasteiger partial charge >= 0.3 is 0 Å². The van der Waals surface area contributed by atoms with Crippen LogP contribution in [0.1, 0.15) is 39.9 Å². The first-order valence-corrected chi connectivity index (χ1v) is 14.2. The zero-order valence-corrected chi connectivity index (χ0v) is 21.8. The minimum absolute atomic E-state index is 0.0434. The monoisotopic (exact) mass is 519 g/mol. The van der Waals surface area contributed by atoms with Crippen molar-refractivity contribution in [2.24, 2.45) is 5.92 Å². The molecule has 4 rings (SSSR count). The second-order valence-corrected chi connectivity index (χ2v) is 11.4. The molecule has 0 atom stereocenters. The van der Waals surface area contributed by atoms with Crippen molar-refractivity contribution in [3.8, 4) is 0 Å². The van der Waals surface area contributed by atoms with Gasteiger partial charge in [0.2, 0.25) is 15.9 Å². The van der Waals surface area contributed by atoms with E-state index in [2.05, 4.69) is 10.6 Å². The van der Waals surface area contributed by atoms with Crippen molar-refractivity contribution in [3.05, 3.63) is 101 Å². The van der Waals surface area contributed by atoms with Crippen LogP contribution >= 0.6 is 0 Å². The Balaban J connectivity index is 1.30. The zero-order valence-electron chi connectivity index (χ0n) is 21.0. The van der Waals surface area contributed by atoms with Gasteiger partial charge in [-0.05, 0) is 49.4 Å². The average Bonchev–Trinajstić information content (AvgIpc) is 2.89. The van der Waals surface area contributed by atoms with E-state index >= 15 is 0 Å². The number of amides is 2. The standard InChI is InChI=1S/C29H33N3O4S/c1-22-8-7-11-24(20-22)21-37(35,36)32-18-15-25(16-19-32)28(33)31-27-13-6-5-12-26(27)29(34)30-17-14-23-9-3-2-4-10-23/h2-13,20,25H,14-19,21H2,1H3,(H,30,34)(H,31,33). The van der Waals surface area contributed by atoms with Gasteiger partial charge < -0.3 is 10.6 Å². The summed E-state index contributed by atoms with van der Waals surface area (Å²) in [5, 5.41) is 5.82. The van der Waals surface area contributed by atoms with E-state index in [9.17, 15) is 18.0 Å². The molecule has 0 saturated carbocycles. The van der Waals surface area contributed by atoms with Crippen molar-refractivity contribution >= 4 is 27.5 Å². The highest BCUT2D eigenvalue weighted by Crippen LogP contribution is 2.24. The summed E-state index contributed by atoms with van der Waals surface area (Å²) in [6.45, 7) is 3.02. The number of anilines is 1. The maximum atomic E-state index is 13.0. The molecule has 0 bridgehead atoms. The van der Waals surface area contributed by atoms with E-state index in [0.717, 1.165) is 16.7 Å². The molecule has 1 heterocycles. The number of para-hydroxylation sites is 1. The average molecular weight is 520 g/mol. The SMILES string of the molecule is Cc1cccc(CS(=O)(=O)N2CCC(C(=O)Nc3ccccc3C(=O)NCCc3ccccc3)CC2)c1. The number of carbonyl (C=O) groups excluding carboxylic acids is 2. The molecular weight excluding hydrogens is 486 g/mol. The molecule has 0 aliphatic carbocycles. The Morgan fingerprint density at radius 2 is 1.57 bits per heavy atom. The summed E-state index contributed by atoms with van der Waals surface area (Å²) in [7, 11) is -3.46. The number of hydrogen-bond donors (Lipinski definition) is 2. The summed E-state index contributed by atoms with van der Waals surface area (Å²) in [5.41, 5.74) is 3.78. The smallest absolute Gasteiger partial charge is 0.253 e. The molecule has 1 saturated heterocycles. The lowest BCUT2D eigenvalue weighted by molar-refractivity contribution is -0.120. The highest BCUT2D eigenvalue weighted by Gasteiger charge is 2.31. The number of nitrogens with zero attached hydrogens (tertiary/aromatic N) is 1. The van der Waals surface area contributed by atoms with Crippen LogP contribution in [0.4, 0.5) is 5.69 Å². The van der Waals surface area contributed by atoms with Crippen LogP contribution in [0.3, 0.4) is 0 Å². The van der Waals surface area contributed by atoms with Crippen molar-refractivity contribution in [3.63, 3.8) is 0 Å². The highest BCUT2D eigenvalue weighted by molar-refractivity contribution is 7.88. The predicted octanol–water partition coefficient (Wildman–Crippen LogP) is 4.15. The topological polar surface area (TPSA) is 95.6 Å². The molecular formula is C29H33N3O4S. The lowest BCUT2D eigenvalue weighted by Gasteiger charge is -2.30. The minimum Gasteiger partial charge on any atom is -0.352 e. The zero-order chi connectivity index (χ0) is 26.3. The van der Waals surface area contributed by atoms with Crippen LogP contribution in [0.15, 0.2) is 78.9 Å². The summed E-state index contributed by atoms with van der Waals surface area (Å²) in [6.07, 6.45) is 1.58. The molecule has 2 N–H and O–H groups in total.